The average Bonchev–Trinajstić information content (AvgIpc) is 3.25. The van der Waals surface area contributed by atoms with Crippen LogP contribution in [0.3, 0.4) is 0 Å². The second-order valence-electron chi connectivity index (χ2n) is 10.1. The summed E-state index contributed by atoms with van der Waals surface area (Å²) in [5, 5.41) is 8.92. The van der Waals surface area contributed by atoms with E-state index >= 15 is 0 Å². The highest BCUT2D eigenvalue weighted by molar-refractivity contribution is 6.08. The Morgan fingerprint density at radius 2 is 1.67 bits per heavy atom. The summed E-state index contributed by atoms with van der Waals surface area (Å²) < 4.78 is 0. The number of imidazole rings is 1. The van der Waals surface area contributed by atoms with Gasteiger partial charge in [0.1, 0.15) is 5.69 Å². The number of carbonyl (C=O) groups is 2. The van der Waals surface area contributed by atoms with Crippen LogP contribution < -0.4 is 16.0 Å². The van der Waals surface area contributed by atoms with Crippen molar-refractivity contribution in [3.63, 3.8) is 0 Å². The third-order valence-corrected chi connectivity index (χ3v) is 5.78. The smallest absolute Gasteiger partial charge is 0.274 e. The van der Waals surface area contributed by atoms with E-state index in [2.05, 4.69) is 51.7 Å². The Balaban J connectivity index is 1.61. The number of hydrogen-bond acceptors (Lipinski definition) is 5. The molecule has 0 saturated heterocycles. The van der Waals surface area contributed by atoms with Gasteiger partial charge in [0.15, 0.2) is 0 Å². The second kappa shape index (κ2) is 9.81. The molecule has 2 amide bonds. The molecule has 4 N–H and O–H groups in total. The molecule has 4 aromatic rings. The summed E-state index contributed by atoms with van der Waals surface area (Å²) in [6.07, 6.45) is 0. The molecule has 2 aromatic heterocycles. The van der Waals surface area contributed by atoms with E-state index in [1.165, 1.54) is 0 Å². The summed E-state index contributed by atoms with van der Waals surface area (Å²) in [6, 6.07) is 14.8. The van der Waals surface area contributed by atoms with Gasteiger partial charge in [-0.25, -0.2) is 9.97 Å². The van der Waals surface area contributed by atoms with Crippen LogP contribution in [0.25, 0.3) is 22.2 Å². The Morgan fingerprint density at radius 1 is 0.917 bits per heavy atom. The third kappa shape index (κ3) is 5.54. The Kier molecular flexibility index (Phi) is 6.79. The maximum atomic E-state index is 13.3. The number of pyridine rings is 1. The maximum absolute atomic E-state index is 13.3. The van der Waals surface area contributed by atoms with Gasteiger partial charge in [0.25, 0.3) is 11.8 Å². The van der Waals surface area contributed by atoms with Crippen LogP contribution in [0.1, 0.15) is 52.9 Å². The maximum Gasteiger partial charge on any atom is 0.274 e. The molecule has 0 unspecified atom stereocenters. The number of rotatable bonds is 6. The van der Waals surface area contributed by atoms with Crippen molar-refractivity contribution in [2.45, 2.75) is 34.6 Å². The van der Waals surface area contributed by atoms with Crippen LogP contribution in [0.15, 0.2) is 48.5 Å². The van der Waals surface area contributed by atoms with Gasteiger partial charge >= 0.3 is 0 Å². The molecule has 4 rings (SSSR count). The summed E-state index contributed by atoms with van der Waals surface area (Å²) in [6.45, 7) is 10.6. The van der Waals surface area contributed by atoms with Crippen molar-refractivity contribution in [3.8, 4) is 11.1 Å². The normalized spacial score (nSPS) is 11.4. The molecule has 0 aliphatic rings. The largest absolute Gasteiger partial charge is 0.359 e. The predicted molar refractivity (Wildman–Crippen MR) is 145 cm³/mol. The van der Waals surface area contributed by atoms with E-state index < -0.39 is 0 Å². The summed E-state index contributed by atoms with van der Waals surface area (Å²) in [7, 11) is 1.79. The summed E-state index contributed by atoms with van der Waals surface area (Å²) in [5.41, 5.74) is 6.33. The van der Waals surface area contributed by atoms with Crippen molar-refractivity contribution >= 4 is 34.5 Å². The SMILES string of the molecule is CNc1nc2ccc(NC(=O)c3nc(C)ccc3-c3ccc(C(=O)NCC(C)(C)C)cc3C)cc2[nH]1. The van der Waals surface area contributed by atoms with Crippen molar-refractivity contribution in [1.82, 2.24) is 20.3 Å². The Morgan fingerprint density at radius 3 is 2.36 bits per heavy atom. The molecule has 0 atom stereocenters. The van der Waals surface area contributed by atoms with Gasteiger partial charge < -0.3 is 20.9 Å². The molecule has 0 radical (unpaired) electrons. The van der Waals surface area contributed by atoms with E-state index in [1.54, 1.807) is 13.1 Å². The van der Waals surface area contributed by atoms with E-state index in [0.717, 1.165) is 27.9 Å². The van der Waals surface area contributed by atoms with Gasteiger partial charge in [-0.3, -0.25) is 9.59 Å². The van der Waals surface area contributed by atoms with Crippen LogP contribution in [0.5, 0.6) is 0 Å². The molecule has 0 saturated carbocycles. The number of anilines is 2. The zero-order valence-electron chi connectivity index (χ0n) is 21.5. The van der Waals surface area contributed by atoms with Gasteiger partial charge in [-0.05, 0) is 66.8 Å². The van der Waals surface area contributed by atoms with Gasteiger partial charge in [0, 0.05) is 36.1 Å². The Bertz CT molecular complexity index is 1450. The fourth-order valence-electron chi connectivity index (χ4n) is 3.90. The minimum absolute atomic E-state index is 0.00241. The van der Waals surface area contributed by atoms with Crippen LogP contribution in [0.2, 0.25) is 0 Å². The first kappa shape index (κ1) is 24.9. The number of aryl methyl sites for hydroxylation is 2. The van der Waals surface area contributed by atoms with Crippen LogP contribution in [-0.2, 0) is 0 Å². The van der Waals surface area contributed by atoms with E-state index in [4.69, 9.17) is 0 Å². The molecule has 0 bridgehead atoms. The number of nitrogens with one attached hydrogen (secondary N) is 4. The van der Waals surface area contributed by atoms with Gasteiger partial charge in [-0.1, -0.05) is 32.9 Å². The van der Waals surface area contributed by atoms with E-state index in [1.807, 2.05) is 56.3 Å². The Labute approximate surface area is 210 Å². The molecular weight excluding hydrogens is 452 g/mol. The third-order valence-electron chi connectivity index (χ3n) is 5.78. The van der Waals surface area contributed by atoms with E-state index in [0.29, 0.717) is 35.0 Å². The van der Waals surface area contributed by atoms with Gasteiger partial charge in [-0.15, -0.1) is 0 Å². The van der Waals surface area contributed by atoms with Crippen molar-refractivity contribution < 1.29 is 9.59 Å². The zero-order chi connectivity index (χ0) is 26.0. The number of carbonyl (C=O) groups excluding carboxylic acids is 2. The number of benzene rings is 2. The lowest BCUT2D eigenvalue weighted by molar-refractivity contribution is 0.0938. The molecule has 8 nitrogen and oxygen atoms in total. The number of nitrogens with zero attached hydrogens (tertiary/aromatic N) is 2. The molecule has 186 valence electrons. The Hall–Kier alpha value is -4.20. The zero-order valence-corrected chi connectivity index (χ0v) is 21.5. The van der Waals surface area contributed by atoms with Gasteiger partial charge in [-0.2, -0.15) is 0 Å². The van der Waals surface area contributed by atoms with E-state index in [-0.39, 0.29) is 17.2 Å². The van der Waals surface area contributed by atoms with Crippen LogP contribution >= 0.6 is 0 Å². The first-order valence-corrected chi connectivity index (χ1v) is 11.9. The standard InChI is InChI=1S/C28H32N6O2/c1-16-13-18(25(35)30-15-28(3,4)5)8-11-20(16)21-10-7-17(2)31-24(21)26(36)32-19-9-12-22-23(14-19)34-27(29-6)33-22/h7-14H,15H2,1-6H3,(H,30,35)(H,32,36)(H2,29,33,34). The lowest BCUT2D eigenvalue weighted by atomic mass is 9.95. The number of fused-ring (bicyclic) bond motifs is 1. The fourth-order valence-corrected chi connectivity index (χ4v) is 3.90. The van der Waals surface area contributed by atoms with Gasteiger partial charge in [0.05, 0.1) is 11.0 Å². The number of aromatic nitrogens is 3. The molecular formula is C28H32N6O2. The number of aromatic amines is 1. The van der Waals surface area contributed by atoms with Gasteiger partial charge in [0.2, 0.25) is 5.95 Å². The molecule has 0 aliphatic heterocycles. The van der Waals surface area contributed by atoms with Crippen molar-refractivity contribution in [3.05, 3.63) is 71.0 Å². The lowest BCUT2D eigenvalue weighted by Crippen LogP contribution is -2.32. The minimum Gasteiger partial charge on any atom is -0.359 e. The molecule has 36 heavy (non-hydrogen) atoms. The summed E-state index contributed by atoms with van der Waals surface area (Å²) >= 11 is 0. The lowest BCUT2D eigenvalue weighted by Gasteiger charge is -2.19. The molecule has 0 fully saturated rings. The van der Waals surface area contributed by atoms with Crippen LogP contribution in [0.4, 0.5) is 11.6 Å². The van der Waals surface area contributed by atoms with Crippen LogP contribution in [-0.4, -0.2) is 40.4 Å². The highest BCUT2D eigenvalue weighted by Gasteiger charge is 2.19. The number of amides is 2. The first-order chi connectivity index (χ1) is 17.0. The van der Waals surface area contributed by atoms with Crippen molar-refractivity contribution in [2.24, 2.45) is 5.41 Å². The molecule has 2 aromatic carbocycles. The number of H-pyrrole nitrogens is 1. The molecule has 0 aliphatic carbocycles. The van der Waals surface area contributed by atoms with E-state index in [9.17, 15) is 9.59 Å². The van der Waals surface area contributed by atoms with Crippen molar-refractivity contribution in [1.29, 1.82) is 0 Å². The summed E-state index contributed by atoms with van der Waals surface area (Å²) in [5.74, 6) is 0.227. The molecule has 2 heterocycles. The monoisotopic (exact) mass is 484 g/mol. The van der Waals surface area contributed by atoms with Crippen LogP contribution in [0, 0.1) is 19.3 Å². The fraction of sp³-hybridized carbons (Fsp3) is 0.286. The quantitative estimate of drug-likeness (QED) is 0.296. The molecule has 0 spiro atoms. The molecule has 8 heteroatoms. The number of hydrogen-bond donors (Lipinski definition) is 4. The highest BCUT2D eigenvalue weighted by atomic mass is 16.2. The predicted octanol–water partition coefficient (Wildman–Crippen LogP) is 5.31. The highest BCUT2D eigenvalue weighted by Crippen LogP contribution is 2.28. The van der Waals surface area contributed by atoms with Crippen molar-refractivity contribution in [2.75, 3.05) is 24.2 Å². The topological polar surface area (TPSA) is 112 Å². The first-order valence-electron chi connectivity index (χ1n) is 11.9. The minimum atomic E-state index is -0.312. The average molecular weight is 485 g/mol. The second-order valence-corrected chi connectivity index (χ2v) is 10.1. The summed E-state index contributed by atoms with van der Waals surface area (Å²) in [4.78, 5) is 38.1.